The van der Waals surface area contributed by atoms with Crippen LogP contribution in [0, 0.1) is 0 Å². The molecule has 0 aliphatic carbocycles. The molecule has 6 nitrogen and oxygen atoms in total. The average molecular weight is 298 g/mol. The summed E-state index contributed by atoms with van der Waals surface area (Å²) in [6, 6.07) is 10.4. The Labute approximate surface area is 128 Å². The van der Waals surface area contributed by atoms with E-state index in [9.17, 15) is 4.79 Å². The first-order chi connectivity index (χ1) is 10.7. The Bertz CT molecular complexity index is 648. The number of carbonyl (C=O) groups excluding carboxylic acids is 1. The fourth-order valence-electron chi connectivity index (χ4n) is 2.59. The Morgan fingerprint density at radius 3 is 2.86 bits per heavy atom. The number of rotatable bonds is 4. The Kier molecular flexibility index (Phi) is 4.29. The maximum atomic E-state index is 11.2. The maximum Gasteiger partial charge on any atom is 0.268 e. The van der Waals surface area contributed by atoms with Gasteiger partial charge in [-0.05, 0) is 18.4 Å². The molecule has 3 rings (SSSR count). The number of nitrogens with zero attached hydrogens (tertiary/aromatic N) is 2. The first kappa shape index (κ1) is 14.5. The van der Waals surface area contributed by atoms with Crippen LogP contribution in [0.3, 0.4) is 0 Å². The number of anilines is 1. The van der Waals surface area contributed by atoms with Crippen molar-refractivity contribution < 1.29 is 9.53 Å². The smallest absolute Gasteiger partial charge is 0.268 e. The van der Waals surface area contributed by atoms with Crippen molar-refractivity contribution in [2.24, 2.45) is 5.73 Å². The molecule has 0 bridgehead atoms. The minimum Gasteiger partial charge on any atom is -0.373 e. The third-order valence-corrected chi connectivity index (χ3v) is 3.69. The van der Waals surface area contributed by atoms with Crippen molar-refractivity contribution in [1.82, 2.24) is 9.97 Å². The highest BCUT2D eigenvalue weighted by Gasteiger charge is 2.24. The zero-order valence-corrected chi connectivity index (χ0v) is 12.1. The molecule has 1 aliphatic rings. The van der Waals surface area contributed by atoms with Crippen LogP contribution in [0.15, 0.2) is 42.7 Å². The number of ether oxygens (including phenoxy) is 1. The highest BCUT2D eigenvalue weighted by molar-refractivity contribution is 5.90. The van der Waals surface area contributed by atoms with Gasteiger partial charge < -0.3 is 15.8 Å². The van der Waals surface area contributed by atoms with E-state index in [0.29, 0.717) is 12.4 Å². The summed E-state index contributed by atoms with van der Waals surface area (Å²) >= 11 is 0. The van der Waals surface area contributed by atoms with Crippen molar-refractivity contribution in [2.45, 2.75) is 25.0 Å². The number of hydrogen-bond donors (Lipinski definition) is 2. The lowest BCUT2D eigenvalue weighted by Gasteiger charge is -2.30. The SMILES string of the molecule is NC(=O)c1cncc(NC2CCOC(c3ccccc3)C2)n1. The van der Waals surface area contributed by atoms with Crippen molar-refractivity contribution >= 4 is 11.7 Å². The van der Waals surface area contributed by atoms with Gasteiger partial charge in [0, 0.05) is 12.6 Å². The number of carbonyl (C=O) groups is 1. The number of hydrogen-bond acceptors (Lipinski definition) is 5. The summed E-state index contributed by atoms with van der Waals surface area (Å²) < 4.78 is 5.84. The molecule has 3 N–H and O–H groups in total. The molecular weight excluding hydrogens is 280 g/mol. The molecule has 1 aromatic carbocycles. The lowest BCUT2D eigenvalue weighted by atomic mass is 9.97. The van der Waals surface area contributed by atoms with E-state index in [2.05, 4.69) is 27.4 Å². The van der Waals surface area contributed by atoms with Crippen molar-refractivity contribution in [3.8, 4) is 0 Å². The molecule has 0 saturated carbocycles. The quantitative estimate of drug-likeness (QED) is 0.900. The number of nitrogens with one attached hydrogen (secondary N) is 1. The van der Waals surface area contributed by atoms with Crippen LogP contribution in [-0.2, 0) is 4.74 Å². The van der Waals surface area contributed by atoms with Gasteiger partial charge in [-0.3, -0.25) is 9.78 Å². The molecule has 22 heavy (non-hydrogen) atoms. The zero-order valence-electron chi connectivity index (χ0n) is 12.1. The number of benzene rings is 1. The molecule has 2 aromatic rings. The standard InChI is InChI=1S/C16H18N4O2/c17-16(21)13-9-18-10-15(20-13)19-12-6-7-22-14(8-12)11-4-2-1-3-5-11/h1-5,9-10,12,14H,6-8H2,(H2,17,21)(H,19,20). The van der Waals surface area contributed by atoms with Gasteiger partial charge in [0.2, 0.25) is 0 Å². The van der Waals surface area contributed by atoms with Crippen molar-refractivity contribution in [3.05, 3.63) is 54.0 Å². The number of nitrogens with two attached hydrogens (primary N) is 1. The highest BCUT2D eigenvalue weighted by atomic mass is 16.5. The molecular formula is C16H18N4O2. The molecule has 0 radical (unpaired) electrons. The molecule has 2 unspecified atom stereocenters. The lowest BCUT2D eigenvalue weighted by molar-refractivity contribution is 0.00973. The molecule has 2 atom stereocenters. The topological polar surface area (TPSA) is 90.1 Å². The molecule has 1 saturated heterocycles. The first-order valence-corrected chi connectivity index (χ1v) is 7.27. The number of primary amides is 1. The van der Waals surface area contributed by atoms with E-state index in [-0.39, 0.29) is 17.8 Å². The third kappa shape index (κ3) is 3.40. The van der Waals surface area contributed by atoms with E-state index >= 15 is 0 Å². The van der Waals surface area contributed by atoms with Crippen molar-refractivity contribution in [3.63, 3.8) is 0 Å². The fourth-order valence-corrected chi connectivity index (χ4v) is 2.59. The van der Waals surface area contributed by atoms with Crippen LogP contribution in [0.1, 0.15) is 35.0 Å². The highest BCUT2D eigenvalue weighted by Crippen LogP contribution is 2.29. The van der Waals surface area contributed by atoms with Gasteiger partial charge >= 0.3 is 0 Å². The first-order valence-electron chi connectivity index (χ1n) is 7.27. The number of aromatic nitrogens is 2. The molecule has 1 aliphatic heterocycles. The van der Waals surface area contributed by atoms with Crippen molar-refractivity contribution in [2.75, 3.05) is 11.9 Å². The average Bonchev–Trinajstić information content (AvgIpc) is 2.56. The van der Waals surface area contributed by atoms with E-state index < -0.39 is 5.91 Å². The Morgan fingerprint density at radius 2 is 2.09 bits per heavy atom. The Hall–Kier alpha value is -2.47. The van der Waals surface area contributed by atoms with Crippen molar-refractivity contribution in [1.29, 1.82) is 0 Å². The molecule has 2 heterocycles. The molecule has 0 spiro atoms. The van der Waals surface area contributed by atoms with Gasteiger partial charge in [0.1, 0.15) is 11.5 Å². The summed E-state index contributed by atoms with van der Waals surface area (Å²) in [5, 5.41) is 3.31. The number of amides is 1. The Balaban J connectivity index is 1.68. The Morgan fingerprint density at radius 1 is 1.27 bits per heavy atom. The predicted octanol–water partition coefficient (Wildman–Crippen LogP) is 1.91. The van der Waals surface area contributed by atoms with E-state index in [1.807, 2.05) is 18.2 Å². The lowest BCUT2D eigenvalue weighted by Crippen LogP contribution is -2.30. The summed E-state index contributed by atoms with van der Waals surface area (Å²) in [6.07, 6.45) is 4.75. The van der Waals surface area contributed by atoms with Gasteiger partial charge in [0.25, 0.3) is 5.91 Å². The van der Waals surface area contributed by atoms with Gasteiger partial charge in [-0.1, -0.05) is 30.3 Å². The minimum absolute atomic E-state index is 0.0692. The van der Waals surface area contributed by atoms with Crippen LogP contribution in [0.4, 0.5) is 5.82 Å². The van der Waals surface area contributed by atoms with E-state index in [0.717, 1.165) is 12.8 Å². The minimum atomic E-state index is -0.578. The monoisotopic (exact) mass is 298 g/mol. The van der Waals surface area contributed by atoms with Gasteiger partial charge in [0.05, 0.1) is 18.5 Å². The molecule has 6 heteroatoms. The summed E-state index contributed by atoms with van der Waals surface area (Å²) in [6.45, 7) is 0.681. The largest absolute Gasteiger partial charge is 0.373 e. The van der Waals surface area contributed by atoms with Gasteiger partial charge in [-0.15, -0.1) is 0 Å². The summed E-state index contributed by atoms with van der Waals surface area (Å²) in [4.78, 5) is 19.3. The predicted molar refractivity (Wildman–Crippen MR) is 82.3 cm³/mol. The van der Waals surface area contributed by atoms with Gasteiger partial charge in [0.15, 0.2) is 0 Å². The van der Waals surface area contributed by atoms with E-state index in [1.165, 1.54) is 11.8 Å². The van der Waals surface area contributed by atoms with E-state index in [1.54, 1.807) is 6.20 Å². The second-order valence-electron chi connectivity index (χ2n) is 5.29. The molecule has 114 valence electrons. The summed E-state index contributed by atoms with van der Waals surface area (Å²) in [5.74, 6) is -0.0136. The maximum absolute atomic E-state index is 11.2. The van der Waals surface area contributed by atoms with Crippen LogP contribution in [0.25, 0.3) is 0 Å². The van der Waals surface area contributed by atoms with E-state index in [4.69, 9.17) is 10.5 Å². The van der Waals surface area contributed by atoms with Crippen LogP contribution < -0.4 is 11.1 Å². The zero-order chi connectivity index (χ0) is 15.4. The summed E-state index contributed by atoms with van der Waals surface area (Å²) in [5.41, 5.74) is 6.56. The van der Waals surface area contributed by atoms with Crippen LogP contribution in [0.2, 0.25) is 0 Å². The molecule has 1 fully saturated rings. The third-order valence-electron chi connectivity index (χ3n) is 3.69. The fraction of sp³-hybridized carbons (Fsp3) is 0.312. The normalized spacial score (nSPS) is 21.3. The second kappa shape index (κ2) is 6.53. The molecule has 1 amide bonds. The van der Waals surface area contributed by atoms with Gasteiger partial charge in [-0.25, -0.2) is 4.98 Å². The second-order valence-corrected chi connectivity index (χ2v) is 5.29. The van der Waals surface area contributed by atoms with Gasteiger partial charge in [-0.2, -0.15) is 0 Å². The van der Waals surface area contributed by atoms with Crippen LogP contribution >= 0.6 is 0 Å². The van der Waals surface area contributed by atoms with Crippen LogP contribution in [-0.4, -0.2) is 28.5 Å². The molecule has 1 aromatic heterocycles. The van der Waals surface area contributed by atoms with Crippen LogP contribution in [0.5, 0.6) is 0 Å². The summed E-state index contributed by atoms with van der Waals surface area (Å²) in [7, 11) is 0.